The molecular weight excluding hydrogens is 371 g/mol. The minimum Gasteiger partial charge on any atom is -0.478 e. The molecule has 27 heavy (non-hydrogen) atoms. The zero-order valence-electron chi connectivity index (χ0n) is 15.9. The van der Waals surface area contributed by atoms with Crippen LogP contribution in [0.1, 0.15) is 39.0 Å². The molecule has 3 rings (SSSR count). The average Bonchev–Trinajstić information content (AvgIpc) is 2.69. The highest BCUT2D eigenvalue weighted by atomic mass is 35.5. The summed E-state index contributed by atoms with van der Waals surface area (Å²) in [5.41, 5.74) is 0.00933. The topological polar surface area (TPSA) is 50.8 Å². The molecule has 0 bridgehead atoms. The molecule has 1 N–H and O–H groups in total. The second-order valence-corrected chi connectivity index (χ2v) is 7.29. The van der Waals surface area contributed by atoms with E-state index in [1.54, 1.807) is 19.1 Å². The molecule has 5 nitrogen and oxygen atoms in total. The molecule has 1 unspecified atom stereocenters. The molecule has 2 fully saturated rings. The quantitative estimate of drug-likeness (QED) is 0.796. The number of ether oxygens (including phenoxy) is 2. The number of morpholine rings is 1. The third-order valence-corrected chi connectivity index (χ3v) is 5.57. The van der Waals surface area contributed by atoms with E-state index in [1.807, 2.05) is 0 Å². The summed E-state index contributed by atoms with van der Waals surface area (Å²) in [7, 11) is 0. The van der Waals surface area contributed by atoms with Gasteiger partial charge in [0.05, 0.1) is 13.2 Å². The molecule has 1 saturated carbocycles. The number of rotatable bonds is 6. The number of hydrogen-bond acceptors (Lipinski definition) is 4. The first-order valence-corrected chi connectivity index (χ1v) is 9.62. The number of halogens is 2. The fourth-order valence-electron chi connectivity index (χ4n) is 4.03. The fourth-order valence-corrected chi connectivity index (χ4v) is 4.03. The highest BCUT2D eigenvalue weighted by Gasteiger charge is 2.39. The minimum absolute atomic E-state index is 0. The Hall–Kier alpha value is -1.37. The first kappa shape index (κ1) is 21.9. The third kappa shape index (κ3) is 5.56. The summed E-state index contributed by atoms with van der Waals surface area (Å²) in [4.78, 5) is 15.0. The minimum atomic E-state index is -0.739. The zero-order valence-corrected chi connectivity index (χ0v) is 16.7. The maximum absolute atomic E-state index is 13.7. The Bertz CT molecular complexity index is 605. The smallest absolute Gasteiger partial charge is 0.260 e. The molecule has 2 aliphatic rings. The molecule has 0 radical (unpaired) electrons. The van der Waals surface area contributed by atoms with Gasteiger partial charge in [-0.15, -0.1) is 12.4 Å². The van der Waals surface area contributed by atoms with Crippen molar-refractivity contribution in [1.82, 2.24) is 10.2 Å². The molecule has 1 aliphatic heterocycles. The summed E-state index contributed by atoms with van der Waals surface area (Å²) < 4.78 is 24.7. The van der Waals surface area contributed by atoms with E-state index in [4.69, 9.17) is 9.47 Å². The van der Waals surface area contributed by atoms with Crippen molar-refractivity contribution < 1.29 is 18.7 Å². The summed E-state index contributed by atoms with van der Waals surface area (Å²) in [6.07, 6.45) is 5.08. The molecule has 1 amide bonds. The maximum atomic E-state index is 13.7. The van der Waals surface area contributed by atoms with Crippen LogP contribution < -0.4 is 10.1 Å². The molecule has 0 spiro atoms. The van der Waals surface area contributed by atoms with E-state index in [0.29, 0.717) is 6.54 Å². The molecule has 1 aliphatic carbocycles. The SMILES string of the molecule is CC(Oc1ccccc1F)C(=O)NCC1(N2CCOCC2)CCCCC1.Cl. The second kappa shape index (κ2) is 10.2. The van der Waals surface area contributed by atoms with Crippen LogP contribution in [0, 0.1) is 5.82 Å². The monoisotopic (exact) mass is 400 g/mol. The van der Waals surface area contributed by atoms with Crippen LogP contribution in [-0.4, -0.2) is 55.3 Å². The molecule has 1 atom stereocenters. The van der Waals surface area contributed by atoms with Crippen molar-refractivity contribution >= 4 is 18.3 Å². The van der Waals surface area contributed by atoms with Gasteiger partial charge in [0.1, 0.15) is 0 Å². The zero-order chi connectivity index (χ0) is 18.4. The first-order chi connectivity index (χ1) is 12.6. The molecule has 0 aromatic heterocycles. The van der Waals surface area contributed by atoms with Crippen molar-refractivity contribution in [3.63, 3.8) is 0 Å². The molecule has 1 aromatic rings. The molecule has 152 valence electrons. The number of carbonyl (C=O) groups excluding carboxylic acids is 1. The lowest BCUT2D eigenvalue weighted by Crippen LogP contribution is -2.60. The van der Waals surface area contributed by atoms with E-state index in [2.05, 4.69) is 10.2 Å². The maximum Gasteiger partial charge on any atom is 0.260 e. The van der Waals surface area contributed by atoms with Gasteiger partial charge in [-0.05, 0) is 31.9 Å². The number of nitrogens with zero attached hydrogens (tertiary/aromatic N) is 1. The Labute approximate surface area is 167 Å². The van der Waals surface area contributed by atoms with Gasteiger partial charge in [0.2, 0.25) is 0 Å². The number of hydrogen-bond donors (Lipinski definition) is 1. The van der Waals surface area contributed by atoms with E-state index in [-0.39, 0.29) is 29.6 Å². The number of carbonyl (C=O) groups is 1. The van der Waals surface area contributed by atoms with Crippen LogP contribution in [0.2, 0.25) is 0 Å². The van der Waals surface area contributed by atoms with Gasteiger partial charge in [0.25, 0.3) is 5.91 Å². The standard InChI is InChI=1S/C20H29FN2O3.ClH/c1-16(26-18-8-4-3-7-17(18)21)19(24)22-15-20(9-5-2-6-10-20)23-11-13-25-14-12-23;/h3-4,7-8,16H,2,5-6,9-15H2,1H3,(H,22,24);1H. The van der Waals surface area contributed by atoms with Gasteiger partial charge in [0.15, 0.2) is 17.7 Å². The van der Waals surface area contributed by atoms with Crippen molar-refractivity contribution in [3.8, 4) is 5.75 Å². The van der Waals surface area contributed by atoms with E-state index < -0.39 is 11.9 Å². The van der Waals surface area contributed by atoms with E-state index in [0.717, 1.165) is 39.1 Å². The molecule has 7 heteroatoms. The van der Waals surface area contributed by atoms with Crippen LogP contribution in [0.15, 0.2) is 24.3 Å². The van der Waals surface area contributed by atoms with Gasteiger partial charge >= 0.3 is 0 Å². The molecular formula is C20H30ClFN2O3. The Morgan fingerprint density at radius 2 is 1.93 bits per heavy atom. The van der Waals surface area contributed by atoms with Gasteiger partial charge in [-0.2, -0.15) is 0 Å². The number of nitrogens with one attached hydrogen (secondary N) is 1. The summed E-state index contributed by atoms with van der Waals surface area (Å²) in [5, 5.41) is 3.06. The Balaban J connectivity index is 0.00000261. The highest BCUT2D eigenvalue weighted by Crippen LogP contribution is 2.34. The molecule has 1 aromatic carbocycles. The lowest BCUT2D eigenvalue weighted by atomic mass is 9.79. The van der Waals surface area contributed by atoms with E-state index in [1.165, 1.54) is 31.4 Å². The van der Waals surface area contributed by atoms with Crippen molar-refractivity contribution in [2.75, 3.05) is 32.8 Å². The summed E-state index contributed by atoms with van der Waals surface area (Å²) in [6, 6.07) is 6.16. The number of amides is 1. The fraction of sp³-hybridized carbons (Fsp3) is 0.650. The largest absolute Gasteiger partial charge is 0.478 e. The van der Waals surface area contributed by atoms with Crippen LogP contribution in [-0.2, 0) is 9.53 Å². The van der Waals surface area contributed by atoms with Crippen molar-refractivity contribution in [2.24, 2.45) is 0 Å². The van der Waals surface area contributed by atoms with Crippen molar-refractivity contribution in [1.29, 1.82) is 0 Å². The highest BCUT2D eigenvalue weighted by molar-refractivity contribution is 5.85. The Kier molecular flexibility index (Phi) is 8.32. The van der Waals surface area contributed by atoms with Gasteiger partial charge < -0.3 is 14.8 Å². The van der Waals surface area contributed by atoms with Crippen LogP contribution in [0.5, 0.6) is 5.75 Å². The predicted octanol–water partition coefficient (Wildman–Crippen LogP) is 3.17. The first-order valence-electron chi connectivity index (χ1n) is 9.62. The third-order valence-electron chi connectivity index (χ3n) is 5.57. The van der Waals surface area contributed by atoms with Crippen LogP contribution in [0.25, 0.3) is 0 Å². The van der Waals surface area contributed by atoms with Crippen molar-refractivity contribution in [2.45, 2.75) is 50.7 Å². The van der Waals surface area contributed by atoms with Crippen LogP contribution >= 0.6 is 12.4 Å². The van der Waals surface area contributed by atoms with Gasteiger partial charge in [-0.1, -0.05) is 31.4 Å². The molecule has 1 heterocycles. The van der Waals surface area contributed by atoms with Gasteiger partial charge in [-0.25, -0.2) is 4.39 Å². The average molecular weight is 401 g/mol. The van der Waals surface area contributed by atoms with E-state index in [9.17, 15) is 9.18 Å². The lowest BCUT2D eigenvalue weighted by molar-refractivity contribution is -0.128. The lowest BCUT2D eigenvalue weighted by Gasteiger charge is -2.48. The van der Waals surface area contributed by atoms with Gasteiger partial charge in [-0.3, -0.25) is 9.69 Å². The number of para-hydroxylation sites is 1. The normalized spacial score (nSPS) is 21.0. The predicted molar refractivity (Wildman–Crippen MR) is 105 cm³/mol. The Morgan fingerprint density at radius 3 is 2.59 bits per heavy atom. The summed E-state index contributed by atoms with van der Waals surface area (Å²) in [5.74, 6) is -0.550. The second-order valence-electron chi connectivity index (χ2n) is 7.29. The van der Waals surface area contributed by atoms with Gasteiger partial charge in [0, 0.05) is 25.2 Å². The Morgan fingerprint density at radius 1 is 1.26 bits per heavy atom. The van der Waals surface area contributed by atoms with Crippen molar-refractivity contribution in [3.05, 3.63) is 30.1 Å². The van der Waals surface area contributed by atoms with E-state index >= 15 is 0 Å². The van der Waals surface area contributed by atoms with Crippen LogP contribution in [0.4, 0.5) is 4.39 Å². The summed E-state index contributed by atoms with van der Waals surface area (Å²) >= 11 is 0. The number of benzene rings is 1. The molecule has 1 saturated heterocycles. The summed E-state index contributed by atoms with van der Waals surface area (Å²) in [6.45, 7) is 5.60. The van der Waals surface area contributed by atoms with Crippen LogP contribution in [0.3, 0.4) is 0 Å².